The lowest BCUT2D eigenvalue weighted by Crippen LogP contribution is -2.41. The first kappa shape index (κ1) is 28.8. The maximum absolute atomic E-state index is 12.4. The Bertz CT molecular complexity index is 1230. The summed E-state index contributed by atoms with van der Waals surface area (Å²) in [6.45, 7) is 1.18. The summed E-state index contributed by atoms with van der Waals surface area (Å²) in [4.78, 5) is 38.0. The van der Waals surface area contributed by atoms with E-state index in [0.717, 1.165) is 16.8 Å². The largest absolute Gasteiger partial charge is 0.462 e. The molecule has 0 unspecified atom stereocenters. The van der Waals surface area contributed by atoms with Crippen LogP contribution in [0.25, 0.3) is 0 Å². The minimum atomic E-state index is -3.43. The number of esters is 1. The maximum atomic E-state index is 12.4. The van der Waals surface area contributed by atoms with Gasteiger partial charge in [0.25, 0.3) is 5.56 Å². The lowest BCUT2D eigenvalue weighted by atomic mass is 10.2. The molecular weight excluding hydrogens is 556 g/mol. The molecule has 1 aromatic heterocycles. The van der Waals surface area contributed by atoms with Crippen molar-refractivity contribution in [3.05, 3.63) is 63.4 Å². The molecule has 1 aliphatic heterocycles. The molecule has 3 rings (SSSR count). The molecule has 3 N–H and O–H groups in total. The van der Waals surface area contributed by atoms with E-state index < -0.39 is 52.7 Å². The van der Waals surface area contributed by atoms with Crippen LogP contribution in [-0.2, 0) is 30.6 Å². The number of aromatic nitrogens is 2. The number of hydrogen-bond donors (Lipinski definition) is 3. The highest BCUT2D eigenvalue weighted by Gasteiger charge is 2.56. The first-order valence-electron chi connectivity index (χ1n) is 10.8. The highest BCUT2D eigenvalue weighted by atomic mass is 35.5. The van der Waals surface area contributed by atoms with E-state index in [9.17, 15) is 19.5 Å². The van der Waals surface area contributed by atoms with Crippen LogP contribution in [0.3, 0.4) is 0 Å². The minimum Gasteiger partial charge on any atom is -0.462 e. The van der Waals surface area contributed by atoms with Gasteiger partial charge in [-0.05, 0) is 44.7 Å². The summed E-state index contributed by atoms with van der Waals surface area (Å²) in [5, 5.41) is 13.6. The molecule has 0 saturated carbocycles. The smallest absolute Gasteiger partial charge is 0.330 e. The molecule has 0 radical (unpaired) electrons. The van der Waals surface area contributed by atoms with E-state index in [4.69, 9.17) is 53.5 Å². The van der Waals surface area contributed by atoms with Gasteiger partial charge >= 0.3 is 18.3 Å². The Morgan fingerprint density at radius 2 is 1.94 bits per heavy atom. The van der Waals surface area contributed by atoms with Gasteiger partial charge in [0.2, 0.25) is 0 Å². The number of alkyl halides is 2. The van der Waals surface area contributed by atoms with Gasteiger partial charge in [-0.25, -0.2) is 9.88 Å². The normalized spacial score (nSPS) is 23.7. The highest BCUT2D eigenvalue weighted by molar-refractivity contribution is 8.09. The van der Waals surface area contributed by atoms with Crippen molar-refractivity contribution in [3.8, 4) is 5.75 Å². The van der Waals surface area contributed by atoms with Crippen LogP contribution in [0.5, 0.6) is 5.75 Å². The number of para-hydroxylation sites is 1. The molecule has 0 spiro atoms. The summed E-state index contributed by atoms with van der Waals surface area (Å²) < 4.78 is 21.7. The molecule has 15 heteroatoms. The van der Waals surface area contributed by atoms with Crippen molar-refractivity contribution in [2.75, 3.05) is 6.61 Å². The van der Waals surface area contributed by atoms with Crippen molar-refractivity contribution in [2.45, 2.75) is 55.7 Å². The third-order valence-corrected chi connectivity index (χ3v) is 8.24. The van der Waals surface area contributed by atoms with Crippen LogP contribution in [0.1, 0.15) is 27.0 Å². The molecule has 5 atom stereocenters. The van der Waals surface area contributed by atoms with Gasteiger partial charge in [-0.15, -0.1) is 0 Å². The zero-order valence-corrected chi connectivity index (χ0v) is 22.7. The Labute approximate surface area is 221 Å². The average Bonchev–Trinajstić information content (AvgIpc) is 3.01. The van der Waals surface area contributed by atoms with Crippen LogP contribution in [0.15, 0.2) is 52.2 Å². The van der Waals surface area contributed by atoms with Crippen LogP contribution >= 0.6 is 29.8 Å². The van der Waals surface area contributed by atoms with Crippen molar-refractivity contribution >= 4 is 47.6 Å². The van der Waals surface area contributed by atoms with Gasteiger partial charge in [0.15, 0.2) is 10.6 Å². The summed E-state index contributed by atoms with van der Waals surface area (Å²) in [6.07, 6.45) is -3.22. The number of H-pyrrole nitrogens is 1. The lowest BCUT2D eigenvalue weighted by molar-refractivity contribution is -0.149. The Morgan fingerprint density at radius 1 is 1.28 bits per heavy atom. The Morgan fingerprint density at radius 3 is 2.56 bits per heavy atom. The standard InChI is InChI=1S/C21H26Cl2N3O8PS/c1-12(2)32-18(29)13(3)25-35(36,34-14-7-5-4-6-8-14)31-11-15-17(28)21(22,23)19(33-15)26-10-9-16(27)24-20(26)30/h4-10,12-13,15,17,19,28H,11H2,1-3H3,(H,25,36)(H,24,27,30)/t13-,15-,17-,19-,35+/m1/s1. The molecule has 1 aromatic carbocycles. The predicted octanol–water partition coefficient (Wildman–Crippen LogP) is 2.22. The molecule has 198 valence electrons. The number of nitrogens with one attached hydrogen (secondary N) is 2. The summed E-state index contributed by atoms with van der Waals surface area (Å²) in [5.74, 6) is -0.179. The van der Waals surface area contributed by atoms with Crippen molar-refractivity contribution in [2.24, 2.45) is 0 Å². The third-order valence-electron chi connectivity index (χ3n) is 4.92. The van der Waals surface area contributed by atoms with Gasteiger partial charge in [0, 0.05) is 12.3 Å². The van der Waals surface area contributed by atoms with Crippen molar-refractivity contribution in [1.82, 2.24) is 14.6 Å². The Balaban J connectivity index is 1.80. The predicted molar refractivity (Wildman–Crippen MR) is 137 cm³/mol. The quantitative estimate of drug-likeness (QED) is 0.217. The molecular formula is C21H26Cl2N3O8PS. The Kier molecular flexibility index (Phi) is 9.40. The first-order valence-corrected chi connectivity index (χ1v) is 14.2. The second-order valence-electron chi connectivity index (χ2n) is 8.20. The number of benzene rings is 1. The van der Waals surface area contributed by atoms with Crippen molar-refractivity contribution in [3.63, 3.8) is 0 Å². The molecule has 1 aliphatic rings. The number of rotatable bonds is 10. The van der Waals surface area contributed by atoms with Gasteiger partial charge in [-0.1, -0.05) is 41.4 Å². The van der Waals surface area contributed by atoms with Crippen molar-refractivity contribution < 1.29 is 28.4 Å². The number of hydrogen-bond acceptors (Lipinski definition) is 9. The average molecular weight is 582 g/mol. The molecule has 0 amide bonds. The van der Waals surface area contributed by atoms with E-state index in [2.05, 4.69) is 10.1 Å². The van der Waals surface area contributed by atoms with Crippen LogP contribution in [0.2, 0.25) is 0 Å². The summed E-state index contributed by atoms with van der Waals surface area (Å²) in [6, 6.07) is 8.77. The summed E-state index contributed by atoms with van der Waals surface area (Å²) in [7, 11) is 0. The van der Waals surface area contributed by atoms with Crippen LogP contribution in [-0.4, -0.2) is 55.9 Å². The fourth-order valence-electron chi connectivity index (χ4n) is 3.22. The number of aromatic amines is 1. The number of aliphatic hydroxyl groups is 1. The lowest BCUT2D eigenvalue weighted by Gasteiger charge is -2.28. The van der Waals surface area contributed by atoms with E-state index in [-0.39, 0.29) is 12.7 Å². The molecule has 0 aliphatic carbocycles. The second kappa shape index (κ2) is 11.7. The number of nitrogens with zero attached hydrogens (tertiary/aromatic N) is 1. The topological polar surface area (TPSA) is 141 Å². The van der Waals surface area contributed by atoms with E-state index >= 15 is 0 Å². The summed E-state index contributed by atoms with van der Waals surface area (Å²) >= 11 is 18.3. The second-order valence-corrected chi connectivity index (χ2v) is 12.8. The zero-order valence-electron chi connectivity index (χ0n) is 19.5. The number of carbonyl (C=O) groups excluding carboxylic acids is 1. The molecule has 36 heavy (non-hydrogen) atoms. The molecule has 2 aromatic rings. The molecule has 1 fully saturated rings. The molecule has 2 heterocycles. The highest BCUT2D eigenvalue weighted by Crippen LogP contribution is 2.49. The zero-order chi connectivity index (χ0) is 26.7. The van der Waals surface area contributed by atoms with Gasteiger partial charge in [0.1, 0.15) is 24.0 Å². The first-order chi connectivity index (χ1) is 16.8. The fourth-order valence-corrected chi connectivity index (χ4v) is 6.24. The van der Waals surface area contributed by atoms with E-state index in [1.54, 1.807) is 51.1 Å². The van der Waals surface area contributed by atoms with Crippen LogP contribution in [0, 0.1) is 0 Å². The molecule has 11 nitrogen and oxygen atoms in total. The third kappa shape index (κ3) is 6.96. The van der Waals surface area contributed by atoms with Gasteiger partial charge < -0.3 is 23.6 Å². The SMILES string of the molecule is CC(C)OC(=O)[C@@H](C)N[P@](=S)(OC[C@H]1O[C@@H](n2ccc(=O)[nH]c2=O)C(Cl)(Cl)[C@@H]1O)Oc1ccccc1. The van der Waals surface area contributed by atoms with Crippen molar-refractivity contribution in [1.29, 1.82) is 0 Å². The number of carbonyl (C=O) groups is 1. The summed E-state index contributed by atoms with van der Waals surface area (Å²) in [5.41, 5.74) is -1.46. The Hall–Kier alpha value is -1.76. The maximum Gasteiger partial charge on any atom is 0.330 e. The minimum absolute atomic E-state index is 0.341. The van der Waals surface area contributed by atoms with Crippen LogP contribution < -0.4 is 20.9 Å². The molecule has 1 saturated heterocycles. The number of ether oxygens (including phenoxy) is 2. The molecule has 0 bridgehead atoms. The number of aliphatic hydroxyl groups excluding tert-OH is 1. The van der Waals surface area contributed by atoms with E-state index in [1.165, 1.54) is 0 Å². The fraction of sp³-hybridized carbons (Fsp3) is 0.476. The van der Waals surface area contributed by atoms with Gasteiger partial charge in [0.05, 0.1) is 12.7 Å². The van der Waals surface area contributed by atoms with E-state index in [1.807, 2.05) is 0 Å². The monoisotopic (exact) mass is 581 g/mol. The van der Waals surface area contributed by atoms with Gasteiger partial charge in [-0.2, -0.15) is 0 Å². The van der Waals surface area contributed by atoms with E-state index in [0.29, 0.717) is 5.75 Å². The van der Waals surface area contributed by atoms with Crippen LogP contribution in [0.4, 0.5) is 0 Å². The number of halogens is 2. The van der Waals surface area contributed by atoms with Gasteiger partial charge in [-0.3, -0.25) is 19.1 Å².